The van der Waals surface area contributed by atoms with Crippen molar-refractivity contribution in [3.63, 3.8) is 0 Å². The smallest absolute Gasteiger partial charge is 0.317 e. The summed E-state index contributed by atoms with van der Waals surface area (Å²) in [6.45, 7) is 7.63. The van der Waals surface area contributed by atoms with Gasteiger partial charge < -0.3 is 10.2 Å². The van der Waals surface area contributed by atoms with Gasteiger partial charge in [0.2, 0.25) is 0 Å². The number of aryl methyl sites for hydroxylation is 2. The Balaban J connectivity index is 1.52. The van der Waals surface area contributed by atoms with Crippen LogP contribution in [-0.2, 0) is 0 Å². The molecule has 5 nitrogen and oxygen atoms in total. The van der Waals surface area contributed by atoms with E-state index >= 15 is 0 Å². The molecule has 2 aromatic rings. The molecule has 0 radical (unpaired) electrons. The maximum atomic E-state index is 12.4. The van der Waals surface area contributed by atoms with Crippen LogP contribution in [0.1, 0.15) is 52.3 Å². The van der Waals surface area contributed by atoms with Gasteiger partial charge in [-0.1, -0.05) is 0 Å². The Morgan fingerprint density at radius 1 is 1.39 bits per heavy atom. The van der Waals surface area contributed by atoms with Gasteiger partial charge in [-0.2, -0.15) is 0 Å². The van der Waals surface area contributed by atoms with Gasteiger partial charge in [-0.05, 0) is 33.6 Å². The maximum absolute atomic E-state index is 12.4. The Bertz CT molecular complexity index is 673. The van der Waals surface area contributed by atoms with Crippen LogP contribution in [0.15, 0.2) is 11.6 Å². The number of rotatable bonds is 3. The van der Waals surface area contributed by atoms with E-state index in [1.54, 1.807) is 22.7 Å². The molecule has 124 valence electrons. The van der Waals surface area contributed by atoms with Crippen molar-refractivity contribution in [3.05, 3.63) is 32.2 Å². The first kappa shape index (κ1) is 16.4. The summed E-state index contributed by atoms with van der Waals surface area (Å²) < 4.78 is 0. The van der Waals surface area contributed by atoms with E-state index in [0.29, 0.717) is 5.92 Å². The van der Waals surface area contributed by atoms with E-state index < -0.39 is 0 Å². The third-order valence-electron chi connectivity index (χ3n) is 4.12. The van der Waals surface area contributed by atoms with Crippen molar-refractivity contribution in [2.24, 2.45) is 0 Å². The van der Waals surface area contributed by atoms with Crippen LogP contribution in [0.25, 0.3) is 0 Å². The fraction of sp³-hybridized carbons (Fsp3) is 0.562. The summed E-state index contributed by atoms with van der Waals surface area (Å²) in [4.78, 5) is 24.5. The molecule has 7 heteroatoms. The molecule has 23 heavy (non-hydrogen) atoms. The minimum absolute atomic E-state index is 0.0131. The molecule has 1 unspecified atom stereocenters. The SMILES string of the molecule is Cc1csc(C(C)NC(=O)N2CCC(c3ncc(C)s3)CC2)n1. The number of piperidine rings is 1. The fourth-order valence-corrected chi connectivity index (χ4v) is 4.55. The lowest BCUT2D eigenvalue weighted by molar-refractivity contribution is 0.178. The number of aromatic nitrogens is 2. The lowest BCUT2D eigenvalue weighted by Crippen LogP contribution is -2.44. The molecular formula is C16H22N4OS2. The lowest BCUT2D eigenvalue weighted by Gasteiger charge is -2.31. The van der Waals surface area contributed by atoms with Crippen molar-refractivity contribution in [3.8, 4) is 0 Å². The van der Waals surface area contributed by atoms with E-state index in [9.17, 15) is 4.79 Å². The Morgan fingerprint density at radius 2 is 2.13 bits per heavy atom. The highest BCUT2D eigenvalue weighted by molar-refractivity contribution is 7.11. The summed E-state index contributed by atoms with van der Waals surface area (Å²) in [6.07, 6.45) is 3.92. The number of thiazole rings is 2. The number of nitrogens with zero attached hydrogens (tertiary/aromatic N) is 3. The molecule has 1 aliphatic heterocycles. The average Bonchev–Trinajstić information content (AvgIpc) is 3.16. The van der Waals surface area contributed by atoms with Crippen molar-refractivity contribution < 1.29 is 4.79 Å². The number of carbonyl (C=O) groups is 1. The molecule has 2 amide bonds. The number of urea groups is 1. The Hall–Kier alpha value is -1.47. The van der Waals surface area contributed by atoms with E-state index in [0.717, 1.165) is 36.6 Å². The van der Waals surface area contributed by atoms with Crippen molar-refractivity contribution in [2.45, 2.75) is 45.6 Å². The lowest BCUT2D eigenvalue weighted by atomic mass is 9.98. The molecule has 0 saturated carbocycles. The van der Waals surface area contributed by atoms with Gasteiger partial charge in [0.05, 0.1) is 11.0 Å². The van der Waals surface area contributed by atoms with E-state index in [1.165, 1.54) is 9.88 Å². The largest absolute Gasteiger partial charge is 0.329 e. The third-order valence-corrected chi connectivity index (χ3v) is 6.34. The predicted octanol–water partition coefficient (Wildman–Crippen LogP) is 3.87. The van der Waals surface area contributed by atoms with Gasteiger partial charge in [0.1, 0.15) is 5.01 Å². The standard InChI is InChI=1S/C16H22N4OS2/c1-10-9-22-14(18-10)12(3)19-16(21)20-6-4-13(5-7-20)15-17-8-11(2)23-15/h8-9,12-13H,4-7H2,1-3H3,(H,19,21). The first-order valence-electron chi connectivity index (χ1n) is 7.92. The zero-order chi connectivity index (χ0) is 16.4. The second-order valence-corrected chi connectivity index (χ2v) is 8.22. The van der Waals surface area contributed by atoms with Gasteiger partial charge in [0, 0.05) is 41.2 Å². The Labute approximate surface area is 144 Å². The number of nitrogens with one attached hydrogen (secondary N) is 1. The molecule has 1 N–H and O–H groups in total. The van der Waals surface area contributed by atoms with Gasteiger partial charge in [-0.25, -0.2) is 14.8 Å². The van der Waals surface area contributed by atoms with Crippen LogP contribution in [0.2, 0.25) is 0 Å². The number of carbonyl (C=O) groups excluding carboxylic acids is 1. The minimum atomic E-state index is -0.0412. The summed E-state index contributed by atoms with van der Waals surface area (Å²) >= 11 is 3.37. The quantitative estimate of drug-likeness (QED) is 0.914. The number of amides is 2. The van der Waals surface area contributed by atoms with Crippen molar-refractivity contribution in [1.82, 2.24) is 20.2 Å². The van der Waals surface area contributed by atoms with Gasteiger partial charge in [0.15, 0.2) is 0 Å². The normalized spacial score (nSPS) is 17.3. The van der Waals surface area contributed by atoms with E-state index in [2.05, 4.69) is 22.2 Å². The van der Waals surface area contributed by atoms with Crippen molar-refractivity contribution in [1.29, 1.82) is 0 Å². The van der Waals surface area contributed by atoms with Crippen LogP contribution >= 0.6 is 22.7 Å². The highest BCUT2D eigenvalue weighted by Gasteiger charge is 2.26. The van der Waals surface area contributed by atoms with E-state index in [4.69, 9.17) is 0 Å². The molecule has 0 aliphatic carbocycles. The highest BCUT2D eigenvalue weighted by Crippen LogP contribution is 2.31. The maximum Gasteiger partial charge on any atom is 0.317 e. The highest BCUT2D eigenvalue weighted by atomic mass is 32.1. The molecule has 1 aliphatic rings. The molecule has 1 fully saturated rings. The van der Waals surface area contributed by atoms with Crippen LogP contribution in [-0.4, -0.2) is 34.0 Å². The summed E-state index contributed by atoms with van der Waals surface area (Å²) in [5, 5.41) is 7.25. The molecule has 2 aromatic heterocycles. The van der Waals surface area contributed by atoms with Crippen molar-refractivity contribution in [2.75, 3.05) is 13.1 Å². The van der Waals surface area contributed by atoms with Crippen LogP contribution in [0.4, 0.5) is 4.79 Å². The van der Waals surface area contributed by atoms with Crippen LogP contribution in [0.5, 0.6) is 0 Å². The van der Waals surface area contributed by atoms with E-state index in [-0.39, 0.29) is 12.1 Å². The third kappa shape index (κ3) is 3.90. The van der Waals surface area contributed by atoms with Crippen molar-refractivity contribution >= 4 is 28.7 Å². The molecule has 0 spiro atoms. The van der Waals surface area contributed by atoms with E-state index in [1.807, 2.05) is 30.3 Å². The molecule has 1 atom stereocenters. The number of hydrogen-bond acceptors (Lipinski definition) is 5. The summed E-state index contributed by atoms with van der Waals surface area (Å²) in [5.74, 6) is 0.497. The van der Waals surface area contributed by atoms with Gasteiger partial charge in [-0.3, -0.25) is 0 Å². The zero-order valence-corrected chi connectivity index (χ0v) is 15.3. The summed E-state index contributed by atoms with van der Waals surface area (Å²) in [7, 11) is 0. The van der Waals surface area contributed by atoms with Gasteiger partial charge in [-0.15, -0.1) is 22.7 Å². The Morgan fingerprint density at radius 3 is 2.70 bits per heavy atom. The second kappa shape index (κ2) is 6.97. The first-order valence-corrected chi connectivity index (χ1v) is 9.62. The topological polar surface area (TPSA) is 58.1 Å². The average molecular weight is 351 g/mol. The molecule has 0 aromatic carbocycles. The van der Waals surface area contributed by atoms with Crippen LogP contribution < -0.4 is 5.32 Å². The molecule has 3 rings (SSSR count). The monoisotopic (exact) mass is 350 g/mol. The predicted molar refractivity (Wildman–Crippen MR) is 94.2 cm³/mol. The number of hydrogen-bond donors (Lipinski definition) is 1. The van der Waals surface area contributed by atoms with Gasteiger partial charge in [0.25, 0.3) is 0 Å². The van der Waals surface area contributed by atoms with Crippen LogP contribution in [0, 0.1) is 13.8 Å². The molecular weight excluding hydrogens is 328 g/mol. The van der Waals surface area contributed by atoms with Crippen LogP contribution in [0.3, 0.4) is 0 Å². The summed E-state index contributed by atoms with van der Waals surface area (Å²) in [6, 6.07) is -0.0281. The zero-order valence-electron chi connectivity index (χ0n) is 13.7. The molecule has 3 heterocycles. The minimum Gasteiger partial charge on any atom is -0.329 e. The molecule has 1 saturated heterocycles. The Kier molecular flexibility index (Phi) is 4.96. The fourth-order valence-electron chi connectivity index (χ4n) is 2.80. The molecule has 0 bridgehead atoms. The second-order valence-electron chi connectivity index (χ2n) is 6.07. The first-order chi connectivity index (χ1) is 11.0. The number of likely N-dealkylation sites (tertiary alicyclic amines) is 1. The summed E-state index contributed by atoms with van der Waals surface area (Å²) in [5.41, 5.74) is 1.01. The van der Waals surface area contributed by atoms with Gasteiger partial charge >= 0.3 is 6.03 Å².